The lowest BCUT2D eigenvalue weighted by molar-refractivity contribution is -0.123. The molecule has 1 amide bonds. The average molecular weight is 421 g/mol. The molecule has 0 radical (unpaired) electrons. The lowest BCUT2D eigenvalue weighted by atomic mass is 10.2. The van der Waals surface area contributed by atoms with Gasteiger partial charge in [-0.2, -0.15) is 0 Å². The van der Waals surface area contributed by atoms with Gasteiger partial charge in [-0.25, -0.2) is 0 Å². The van der Waals surface area contributed by atoms with Gasteiger partial charge >= 0.3 is 0 Å². The first-order chi connectivity index (χ1) is 11.1. The second-order valence-electron chi connectivity index (χ2n) is 5.22. The Morgan fingerprint density at radius 1 is 1.22 bits per heavy atom. The lowest BCUT2D eigenvalue weighted by Gasteiger charge is -2.12. The molecule has 5 heteroatoms. The molecule has 0 fully saturated rings. The number of ether oxygens (including phenoxy) is 1. The predicted molar refractivity (Wildman–Crippen MR) is 97.4 cm³/mol. The fraction of sp³-hybridized carbons (Fsp3) is 0.167. The summed E-state index contributed by atoms with van der Waals surface area (Å²) >= 11 is 2.22. The first-order valence-corrected chi connectivity index (χ1v) is 8.36. The quantitative estimate of drug-likeness (QED) is 0.626. The summed E-state index contributed by atoms with van der Waals surface area (Å²) in [6, 6.07) is 17.1. The second kappa shape index (κ2) is 7.04. The molecule has 1 heterocycles. The molecule has 23 heavy (non-hydrogen) atoms. The number of nitrogens with one attached hydrogen (secondary N) is 1. The van der Waals surface area contributed by atoms with Crippen LogP contribution in [0.4, 0.5) is 0 Å². The van der Waals surface area contributed by atoms with E-state index in [1.165, 1.54) is 0 Å². The Kier molecular flexibility index (Phi) is 4.85. The van der Waals surface area contributed by atoms with Crippen LogP contribution in [0.1, 0.15) is 18.7 Å². The van der Waals surface area contributed by atoms with Crippen molar-refractivity contribution in [2.75, 3.05) is 6.61 Å². The summed E-state index contributed by atoms with van der Waals surface area (Å²) in [5.41, 5.74) is 0.818. The fourth-order valence-corrected chi connectivity index (χ4v) is 2.61. The Labute approximate surface area is 148 Å². The van der Waals surface area contributed by atoms with Crippen LogP contribution in [0.25, 0.3) is 11.0 Å². The molecule has 1 N–H and O–H groups in total. The maximum Gasteiger partial charge on any atom is 0.258 e. The van der Waals surface area contributed by atoms with Crippen molar-refractivity contribution in [1.29, 1.82) is 0 Å². The van der Waals surface area contributed by atoms with Gasteiger partial charge < -0.3 is 14.5 Å². The zero-order valence-electron chi connectivity index (χ0n) is 12.6. The number of rotatable bonds is 5. The maximum absolute atomic E-state index is 12.0. The second-order valence-corrected chi connectivity index (χ2v) is 6.46. The number of fused-ring (bicyclic) bond motifs is 1. The molecule has 3 rings (SSSR count). The van der Waals surface area contributed by atoms with Gasteiger partial charge in [-0.15, -0.1) is 0 Å². The highest BCUT2D eigenvalue weighted by atomic mass is 127. The fourth-order valence-electron chi connectivity index (χ4n) is 2.25. The Bertz CT molecular complexity index is 778. The molecule has 3 aromatic rings. The van der Waals surface area contributed by atoms with Gasteiger partial charge in [0, 0.05) is 8.96 Å². The van der Waals surface area contributed by atoms with Crippen molar-refractivity contribution in [2.45, 2.75) is 13.0 Å². The van der Waals surface area contributed by atoms with E-state index in [-0.39, 0.29) is 18.6 Å². The molecule has 0 aliphatic heterocycles. The van der Waals surface area contributed by atoms with Crippen molar-refractivity contribution in [3.63, 3.8) is 0 Å². The van der Waals surface area contributed by atoms with Crippen LogP contribution in [0.15, 0.2) is 59.0 Å². The van der Waals surface area contributed by atoms with E-state index in [2.05, 4.69) is 27.9 Å². The van der Waals surface area contributed by atoms with Crippen molar-refractivity contribution >= 4 is 39.5 Å². The van der Waals surface area contributed by atoms with E-state index in [0.29, 0.717) is 5.75 Å². The van der Waals surface area contributed by atoms with Crippen molar-refractivity contribution in [3.8, 4) is 5.75 Å². The number of furan rings is 1. The molecule has 0 bridgehead atoms. The number of hydrogen-bond donors (Lipinski definition) is 1. The van der Waals surface area contributed by atoms with E-state index < -0.39 is 0 Å². The number of benzene rings is 2. The number of para-hydroxylation sites is 1. The summed E-state index contributed by atoms with van der Waals surface area (Å²) in [6.07, 6.45) is 0. The Hall–Kier alpha value is -2.02. The largest absolute Gasteiger partial charge is 0.484 e. The third kappa shape index (κ3) is 4.04. The lowest BCUT2D eigenvalue weighted by Crippen LogP contribution is -2.31. The zero-order chi connectivity index (χ0) is 16.2. The molecule has 1 unspecified atom stereocenters. The van der Waals surface area contributed by atoms with E-state index >= 15 is 0 Å². The smallest absolute Gasteiger partial charge is 0.258 e. The average Bonchev–Trinajstić information content (AvgIpc) is 2.98. The van der Waals surface area contributed by atoms with E-state index in [1.807, 2.05) is 61.5 Å². The van der Waals surface area contributed by atoms with E-state index in [0.717, 1.165) is 20.3 Å². The Morgan fingerprint density at radius 2 is 1.96 bits per heavy atom. The van der Waals surface area contributed by atoms with Crippen molar-refractivity contribution < 1.29 is 13.9 Å². The Balaban J connectivity index is 1.57. The van der Waals surface area contributed by atoms with Gasteiger partial charge in [0.05, 0.1) is 6.04 Å². The number of amides is 1. The molecule has 0 saturated carbocycles. The van der Waals surface area contributed by atoms with Crippen LogP contribution in [-0.4, -0.2) is 12.5 Å². The SMILES string of the molecule is CC(NC(=O)COc1ccc(I)cc1)c1cc2ccccc2o1. The van der Waals surface area contributed by atoms with Crippen molar-refractivity contribution in [1.82, 2.24) is 5.32 Å². The van der Waals surface area contributed by atoms with Gasteiger partial charge in [-0.3, -0.25) is 4.79 Å². The minimum atomic E-state index is -0.213. The van der Waals surface area contributed by atoms with Crippen LogP contribution >= 0.6 is 22.6 Å². The third-order valence-corrected chi connectivity index (χ3v) is 4.15. The van der Waals surface area contributed by atoms with Gasteiger partial charge in [-0.05, 0) is 65.9 Å². The van der Waals surface area contributed by atoms with Crippen LogP contribution in [-0.2, 0) is 4.79 Å². The summed E-state index contributed by atoms with van der Waals surface area (Å²) in [6.45, 7) is 1.87. The Morgan fingerprint density at radius 3 is 2.70 bits per heavy atom. The predicted octanol–water partition coefficient (Wildman–Crippen LogP) is 4.29. The van der Waals surface area contributed by atoms with E-state index in [4.69, 9.17) is 9.15 Å². The van der Waals surface area contributed by atoms with Crippen LogP contribution in [0.5, 0.6) is 5.75 Å². The van der Waals surface area contributed by atoms with Gasteiger partial charge in [0.15, 0.2) is 6.61 Å². The number of carbonyl (C=O) groups excluding carboxylic acids is 1. The van der Waals surface area contributed by atoms with Crippen LogP contribution in [0, 0.1) is 3.57 Å². The topological polar surface area (TPSA) is 51.5 Å². The molecular weight excluding hydrogens is 405 g/mol. The monoisotopic (exact) mass is 421 g/mol. The first kappa shape index (κ1) is 15.9. The molecule has 0 saturated heterocycles. The molecular formula is C18H16INO3. The summed E-state index contributed by atoms with van der Waals surface area (Å²) in [5.74, 6) is 1.22. The normalized spacial score (nSPS) is 12.1. The van der Waals surface area contributed by atoms with Gasteiger partial charge in [0.25, 0.3) is 5.91 Å². The molecule has 118 valence electrons. The minimum absolute atomic E-state index is 0.0227. The number of hydrogen-bond acceptors (Lipinski definition) is 3. The number of halogens is 1. The van der Waals surface area contributed by atoms with Gasteiger partial charge in [0.1, 0.15) is 17.1 Å². The standard InChI is InChI=1S/C18H16INO3/c1-12(17-10-13-4-2-3-5-16(13)23-17)20-18(21)11-22-15-8-6-14(19)7-9-15/h2-10,12H,11H2,1H3,(H,20,21). The molecule has 4 nitrogen and oxygen atoms in total. The molecule has 0 aliphatic rings. The summed E-state index contributed by atoms with van der Waals surface area (Å²) in [4.78, 5) is 12.0. The van der Waals surface area contributed by atoms with Gasteiger partial charge in [-0.1, -0.05) is 18.2 Å². The van der Waals surface area contributed by atoms with Crippen LogP contribution in [0.2, 0.25) is 0 Å². The van der Waals surface area contributed by atoms with Crippen molar-refractivity contribution in [3.05, 3.63) is 63.9 Å². The van der Waals surface area contributed by atoms with Gasteiger partial charge in [0.2, 0.25) is 0 Å². The zero-order valence-corrected chi connectivity index (χ0v) is 14.7. The van der Waals surface area contributed by atoms with Crippen molar-refractivity contribution in [2.24, 2.45) is 0 Å². The first-order valence-electron chi connectivity index (χ1n) is 7.28. The van der Waals surface area contributed by atoms with E-state index in [9.17, 15) is 4.79 Å². The molecule has 0 spiro atoms. The highest BCUT2D eigenvalue weighted by Crippen LogP contribution is 2.23. The minimum Gasteiger partial charge on any atom is -0.484 e. The van der Waals surface area contributed by atoms with Crippen LogP contribution < -0.4 is 10.1 Å². The number of carbonyl (C=O) groups is 1. The molecule has 2 aromatic carbocycles. The molecule has 0 aliphatic carbocycles. The van der Waals surface area contributed by atoms with E-state index in [1.54, 1.807) is 0 Å². The molecule has 1 atom stereocenters. The highest BCUT2D eigenvalue weighted by Gasteiger charge is 2.14. The summed E-state index contributed by atoms with van der Waals surface area (Å²) < 4.78 is 12.3. The summed E-state index contributed by atoms with van der Waals surface area (Å²) in [7, 11) is 0. The van der Waals surface area contributed by atoms with Crippen LogP contribution in [0.3, 0.4) is 0 Å². The maximum atomic E-state index is 12.0. The summed E-state index contributed by atoms with van der Waals surface area (Å²) in [5, 5.41) is 3.91. The third-order valence-electron chi connectivity index (χ3n) is 3.43. The molecule has 1 aromatic heterocycles. The highest BCUT2D eigenvalue weighted by molar-refractivity contribution is 14.1.